The van der Waals surface area contributed by atoms with Crippen LogP contribution >= 0.6 is 0 Å². The van der Waals surface area contributed by atoms with Crippen molar-refractivity contribution < 1.29 is 9.59 Å². The molecule has 2 aliphatic heterocycles. The average Bonchev–Trinajstić information content (AvgIpc) is 3.29. The summed E-state index contributed by atoms with van der Waals surface area (Å²) in [5.74, 6) is 2.29. The van der Waals surface area contributed by atoms with E-state index in [1.165, 1.54) is 0 Å². The molecule has 0 aromatic rings. The van der Waals surface area contributed by atoms with Crippen molar-refractivity contribution in [3.8, 4) is 0 Å². The van der Waals surface area contributed by atoms with Crippen molar-refractivity contribution in [1.29, 1.82) is 0 Å². The quantitative estimate of drug-likeness (QED) is 0.694. The number of carbonyl (C=O) groups excluding carboxylic acids is 2. The molecule has 152 valence electrons. The van der Waals surface area contributed by atoms with E-state index >= 15 is 0 Å². The fraction of sp³-hybridized carbons (Fsp3) is 0.905. The van der Waals surface area contributed by atoms with Crippen molar-refractivity contribution in [1.82, 2.24) is 20.4 Å². The molecule has 2 N–H and O–H groups in total. The molecule has 0 radical (unpaired) electrons. The molecule has 0 aromatic heterocycles. The molecule has 2 amide bonds. The standard InChI is InChI=1S/C21H36N4O2/c1-12(2)19(26)22-18-16-9-24(10-17(16)18)7-14(5)20(27)23-21-6-15(21)8-25(11-21)13(3)4/h12-18H,6-11H2,1-5H3,(H,22,26)(H,23,27)/t14?,15-,16?,17?,18?,21-/m1/s1. The third-order valence-electron chi connectivity index (χ3n) is 7.36. The molecule has 4 rings (SSSR count). The number of carbonyl (C=O) groups is 2. The van der Waals surface area contributed by atoms with E-state index in [9.17, 15) is 9.59 Å². The molecule has 27 heavy (non-hydrogen) atoms. The molecule has 2 aliphatic carbocycles. The van der Waals surface area contributed by atoms with Crippen molar-refractivity contribution in [3.05, 3.63) is 0 Å². The van der Waals surface area contributed by atoms with Crippen LogP contribution in [0.25, 0.3) is 0 Å². The van der Waals surface area contributed by atoms with E-state index in [1.54, 1.807) is 0 Å². The van der Waals surface area contributed by atoms with Crippen molar-refractivity contribution in [2.75, 3.05) is 32.7 Å². The zero-order valence-electron chi connectivity index (χ0n) is 17.5. The van der Waals surface area contributed by atoms with E-state index in [0.29, 0.717) is 29.8 Å². The summed E-state index contributed by atoms with van der Waals surface area (Å²) < 4.78 is 0. The van der Waals surface area contributed by atoms with Gasteiger partial charge in [0.05, 0.1) is 5.54 Å². The number of hydrogen-bond acceptors (Lipinski definition) is 4. The molecule has 2 saturated heterocycles. The van der Waals surface area contributed by atoms with Gasteiger partial charge in [-0.1, -0.05) is 20.8 Å². The van der Waals surface area contributed by atoms with Gasteiger partial charge >= 0.3 is 0 Å². The van der Waals surface area contributed by atoms with Gasteiger partial charge in [0.1, 0.15) is 0 Å². The second-order valence-corrected chi connectivity index (χ2v) is 10.2. The van der Waals surface area contributed by atoms with Crippen LogP contribution in [0.4, 0.5) is 0 Å². The number of rotatable bonds is 7. The molecular formula is C21H36N4O2. The van der Waals surface area contributed by atoms with E-state index < -0.39 is 0 Å². The normalized spacial score (nSPS) is 38.6. The molecule has 4 fully saturated rings. The highest BCUT2D eigenvalue weighted by Crippen LogP contribution is 2.50. The molecule has 6 heteroatoms. The van der Waals surface area contributed by atoms with Gasteiger partial charge in [0.2, 0.25) is 11.8 Å². The Hall–Kier alpha value is -1.14. The van der Waals surface area contributed by atoms with Gasteiger partial charge in [-0.25, -0.2) is 0 Å². The van der Waals surface area contributed by atoms with Crippen molar-refractivity contribution in [3.63, 3.8) is 0 Å². The minimum absolute atomic E-state index is 0.0231. The number of nitrogens with zero attached hydrogens (tertiary/aromatic N) is 2. The van der Waals surface area contributed by atoms with Crippen LogP contribution in [-0.2, 0) is 9.59 Å². The molecule has 2 saturated carbocycles. The highest BCUT2D eigenvalue weighted by Gasteiger charge is 2.61. The maximum Gasteiger partial charge on any atom is 0.224 e. The highest BCUT2D eigenvalue weighted by molar-refractivity contribution is 5.80. The Balaban J connectivity index is 1.20. The lowest BCUT2D eigenvalue weighted by Crippen LogP contribution is -2.47. The van der Waals surface area contributed by atoms with E-state index in [-0.39, 0.29) is 29.2 Å². The number of piperidine rings is 2. The van der Waals surface area contributed by atoms with E-state index in [1.807, 2.05) is 13.8 Å². The maximum atomic E-state index is 12.8. The highest BCUT2D eigenvalue weighted by atomic mass is 16.2. The summed E-state index contributed by atoms with van der Waals surface area (Å²) in [5, 5.41) is 6.57. The summed E-state index contributed by atoms with van der Waals surface area (Å²) in [6, 6.07) is 0.927. The van der Waals surface area contributed by atoms with E-state index in [0.717, 1.165) is 39.1 Å². The van der Waals surface area contributed by atoms with Crippen LogP contribution in [0, 0.1) is 29.6 Å². The summed E-state index contributed by atoms with van der Waals surface area (Å²) in [4.78, 5) is 29.5. The number of hydrogen-bond donors (Lipinski definition) is 2. The molecule has 5 atom stereocenters. The second-order valence-electron chi connectivity index (χ2n) is 10.2. The predicted octanol–water partition coefficient (Wildman–Crippen LogP) is 0.924. The summed E-state index contributed by atoms with van der Waals surface area (Å²) in [5.41, 5.74) is 0.0645. The third kappa shape index (κ3) is 3.63. The molecule has 2 heterocycles. The Labute approximate surface area is 163 Å². The summed E-state index contributed by atoms with van der Waals surface area (Å²) in [6.07, 6.45) is 1.15. The first-order valence-corrected chi connectivity index (χ1v) is 10.8. The van der Waals surface area contributed by atoms with Crippen LogP contribution in [0.1, 0.15) is 41.0 Å². The molecular weight excluding hydrogens is 340 g/mol. The van der Waals surface area contributed by atoms with Gasteiger partial charge in [-0.2, -0.15) is 0 Å². The van der Waals surface area contributed by atoms with Gasteiger partial charge in [-0.15, -0.1) is 0 Å². The molecule has 6 nitrogen and oxygen atoms in total. The lowest BCUT2D eigenvalue weighted by Gasteiger charge is -2.27. The summed E-state index contributed by atoms with van der Waals surface area (Å²) >= 11 is 0. The van der Waals surface area contributed by atoms with Crippen molar-refractivity contribution >= 4 is 11.8 Å². The van der Waals surface area contributed by atoms with Crippen LogP contribution < -0.4 is 10.6 Å². The minimum atomic E-state index is 0.0231. The number of likely N-dealkylation sites (tertiary alicyclic amines) is 2. The van der Waals surface area contributed by atoms with Gasteiger partial charge in [-0.05, 0) is 38.0 Å². The largest absolute Gasteiger partial charge is 0.352 e. The van der Waals surface area contributed by atoms with Crippen LogP contribution in [0.2, 0.25) is 0 Å². The zero-order valence-corrected chi connectivity index (χ0v) is 17.5. The molecule has 4 aliphatic rings. The van der Waals surface area contributed by atoms with Crippen LogP contribution in [0.5, 0.6) is 0 Å². The van der Waals surface area contributed by atoms with Crippen LogP contribution in [-0.4, -0.2) is 72.0 Å². The topological polar surface area (TPSA) is 64.7 Å². The number of fused-ring (bicyclic) bond motifs is 2. The first-order chi connectivity index (χ1) is 12.7. The molecule has 0 spiro atoms. The van der Waals surface area contributed by atoms with Gasteiger partial charge < -0.3 is 15.5 Å². The van der Waals surface area contributed by atoms with Crippen molar-refractivity contribution in [2.45, 2.75) is 58.7 Å². The first kappa shape index (κ1) is 19.2. The van der Waals surface area contributed by atoms with E-state index in [4.69, 9.17) is 0 Å². The summed E-state index contributed by atoms with van der Waals surface area (Å²) in [6.45, 7) is 15.4. The number of nitrogens with one attached hydrogen (secondary N) is 2. The first-order valence-electron chi connectivity index (χ1n) is 10.8. The molecule has 0 bridgehead atoms. The van der Waals surface area contributed by atoms with Crippen LogP contribution in [0.15, 0.2) is 0 Å². The van der Waals surface area contributed by atoms with Gasteiger partial charge in [0.15, 0.2) is 0 Å². The Morgan fingerprint density at radius 1 is 1.04 bits per heavy atom. The Morgan fingerprint density at radius 2 is 1.70 bits per heavy atom. The Kier molecular flexibility index (Phi) is 4.78. The third-order valence-corrected chi connectivity index (χ3v) is 7.36. The monoisotopic (exact) mass is 376 g/mol. The SMILES string of the molecule is CC(C)C(=O)NC1C2CN(CC(C)C(=O)N[C@@]34C[C@@H]3CN(C(C)C)C4)CC21. The summed E-state index contributed by atoms with van der Waals surface area (Å²) in [7, 11) is 0. The van der Waals surface area contributed by atoms with Gasteiger partial charge in [-0.3, -0.25) is 14.5 Å². The molecule has 0 aromatic carbocycles. The fourth-order valence-corrected chi connectivity index (χ4v) is 5.26. The second kappa shape index (κ2) is 6.73. The smallest absolute Gasteiger partial charge is 0.224 e. The fourth-order valence-electron chi connectivity index (χ4n) is 5.26. The van der Waals surface area contributed by atoms with Gasteiger partial charge in [0.25, 0.3) is 0 Å². The lowest BCUT2D eigenvalue weighted by molar-refractivity contribution is -0.126. The predicted molar refractivity (Wildman–Crippen MR) is 105 cm³/mol. The zero-order chi connectivity index (χ0) is 19.5. The Morgan fingerprint density at radius 3 is 2.26 bits per heavy atom. The molecule has 3 unspecified atom stereocenters. The van der Waals surface area contributed by atoms with Crippen LogP contribution in [0.3, 0.4) is 0 Å². The average molecular weight is 377 g/mol. The maximum absolute atomic E-state index is 12.8. The number of amides is 2. The minimum Gasteiger partial charge on any atom is -0.352 e. The lowest BCUT2D eigenvalue weighted by atomic mass is 10.1. The van der Waals surface area contributed by atoms with Gasteiger partial charge in [0, 0.05) is 56.6 Å². The van der Waals surface area contributed by atoms with Crippen molar-refractivity contribution in [2.24, 2.45) is 29.6 Å². The van der Waals surface area contributed by atoms with E-state index in [2.05, 4.69) is 41.2 Å². The Bertz CT molecular complexity index is 609.